The number of carbonyl (C=O) groups excluding carboxylic acids is 1. The molecule has 138 valence electrons. The summed E-state index contributed by atoms with van der Waals surface area (Å²) in [5.74, 6) is 0.972. The monoisotopic (exact) mass is 354 g/mol. The lowest BCUT2D eigenvalue weighted by Crippen LogP contribution is -2.32. The van der Waals surface area contributed by atoms with Crippen molar-refractivity contribution in [2.75, 3.05) is 44.2 Å². The molecule has 0 saturated carbocycles. The van der Waals surface area contributed by atoms with Gasteiger partial charge in [0.05, 0.1) is 6.54 Å². The molecule has 2 heterocycles. The zero-order valence-electron chi connectivity index (χ0n) is 15.5. The van der Waals surface area contributed by atoms with Crippen LogP contribution in [0.3, 0.4) is 0 Å². The van der Waals surface area contributed by atoms with E-state index in [9.17, 15) is 4.79 Å². The van der Waals surface area contributed by atoms with E-state index in [0.29, 0.717) is 30.4 Å². The number of benzene rings is 1. The molecule has 1 aromatic carbocycles. The van der Waals surface area contributed by atoms with Crippen molar-refractivity contribution >= 4 is 11.8 Å². The van der Waals surface area contributed by atoms with Gasteiger partial charge in [0.15, 0.2) is 5.82 Å². The fraction of sp³-hybridized carbons (Fsp3) is 0.450. The summed E-state index contributed by atoms with van der Waals surface area (Å²) in [6.07, 6.45) is 2.61. The van der Waals surface area contributed by atoms with Crippen molar-refractivity contribution in [3.05, 3.63) is 42.1 Å². The molecule has 0 radical (unpaired) electrons. The lowest BCUT2D eigenvalue weighted by Gasteiger charge is -2.24. The molecule has 1 aliphatic heterocycles. The van der Waals surface area contributed by atoms with Crippen molar-refractivity contribution in [3.63, 3.8) is 0 Å². The predicted octanol–water partition coefficient (Wildman–Crippen LogP) is 2.85. The van der Waals surface area contributed by atoms with Crippen LogP contribution in [0.1, 0.15) is 30.6 Å². The van der Waals surface area contributed by atoms with E-state index in [-0.39, 0.29) is 5.97 Å². The quantitative estimate of drug-likeness (QED) is 0.713. The van der Waals surface area contributed by atoms with Crippen molar-refractivity contribution < 1.29 is 9.53 Å². The van der Waals surface area contributed by atoms with Gasteiger partial charge in [-0.2, -0.15) is 0 Å². The zero-order chi connectivity index (χ0) is 18.4. The van der Waals surface area contributed by atoms with Gasteiger partial charge < -0.3 is 14.5 Å². The van der Waals surface area contributed by atoms with Gasteiger partial charge in [0.1, 0.15) is 18.0 Å². The van der Waals surface area contributed by atoms with Crippen LogP contribution in [0.15, 0.2) is 36.5 Å². The third kappa shape index (κ3) is 4.19. The van der Waals surface area contributed by atoms with Gasteiger partial charge in [0.2, 0.25) is 0 Å². The van der Waals surface area contributed by atoms with E-state index in [2.05, 4.69) is 28.6 Å². The number of esters is 1. The number of anilines is 1. The van der Waals surface area contributed by atoms with Gasteiger partial charge in [-0.15, -0.1) is 0 Å². The standard InChI is InChI=1S/C20H26N4O2/c1-3-23(4-2)11-8-12-24-13-14-26-20(25)17-15-21-18(22-19(17)24)16-9-6-5-7-10-16/h5-7,9-10,15H,3-4,8,11-14H2,1-2H3. The molecule has 0 fully saturated rings. The topological polar surface area (TPSA) is 58.6 Å². The summed E-state index contributed by atoms with van der Waals surface area (Å²) >= 11 is 0. The molecular weight excluding hydrogens is 328 g/mol. The van der Waals surface area contributed by atoms with Crippen LogP contribution < -0.4 is 4.90 Å². The number of hydrogen-bond acceptors (Lipinski definition) is 6. The molecule has 0 unspecified atom stereocenters. The summed E-state index contributed by atoms with van der Waals surface area (Å²) in [4.78, 5) is 25.9. The molecule has 2 aromatic rings. The average Bonchev–Trinajstić information content (AvgIpc) is 2.84. The number of fused-ring (bicyclic) bond motifs is 1. The third-order valence-corrected chi connectivity index (χ3v) is 4.71. The largest absolute Gasteiger partial charge is 0.460 e. The molecule has 0 atom stereocenters. The highest BCUT2D eigenvalue weighted by atomic mass is 16.5. The normalized spacial score (nSPS) is 14.1. The number of ether oxygens (including phenoxy) is 1. The Kier molecular flexibility index (Phi) is 6.17. The molecule has 0 bridgehead atoms. The summed E-state index contributed by atoms with van der Waals surface area (Å²) in [5.41, 5.74) is 1.39. The molecule has 3 rings (SSSR count). The van der Waals surface area contributed by atoms with E-state index in [4.69, 9.17) is 9.72 Å². The molecule has 0 spiro atoms. The Hall–Kier alpha value is -2.47. The second-order valence-corrected chi connectivity index (χ2v) is 6.30. The van der Waals surface area contributed by atoms with E-state index in [1.807, 2.05) is 30.3 Å². The third-order valence-electron chi connectivity index (χ3n) is 4.71. The minimum Gasteiger partial charge on any atom is -0.460 e. The second kappa shape index (κ2) is 8.76. The summed E-state index contributed by atoms with van der Waals surface area (Å²) in [5, 5.41) is 0. The van der Waals surface area contributed by atoms with E-state index < -0.39 is 0 Å². The first-order chi connectivity index (χ1) is 12.7. The maximum Gasteiger partial charge on any atom is 0.343 e. The van der Waals surface area contributed by atoms with Gasteiger partial charge in [-0.1, -0.05) is 44.2 Å². The molecule has 1 aliphatic rings. The van der Waals surface area contributed by atoms with Crippen molar-refractivity contribution in [1.29, 1.82) is 0 Å². The maximum atomic E-state index is 12.2. The Morgan fingerprint density at radius 2 is 1.96 bits per heavy atom. The fourth-order valence-corrected chi connectivity index (χ4v) is 3.16. The summed E-state index contributed by atoms with van der Waals surface area (Å²) in [6.45, 7) is 9.36. The summed E-state index contributed by atoms with van der Waals surface area (Å²) < 4.78 is 5.30. The number of rotatable bonds is 7. The van der Waals surface area contributed by atoms with Crippen LogP contribution >= 0.6 is 0 Å². The van der Waals surface area contributed by atoms with Crippen LogP contribution in [0, 0.1) is 0 Å². The Balaban J connectivity index is 1.84. The highest BCUT2D eigenvalue weighted by molar-refractivity contribution is 5.95. The van der Waals surface area contributed by atoms with Gasteiger partial charge in [-0.3, -0.25) is 0 Å². The van der Waals surface area contributed by atoms with Crippen LogP contribution in [0.4, 0.5) is 5.82 Å². The second-order valence-electron chi connectivity index (χ2n) is 6.30. The number of carbonyl (C=O) groups is 1. The number of aromatic nitrogens is 2. The molecule has 6 nitrogen and oxygen atoms in total. The summed E-state index contributed by atoms with van der Waals surface area (Å²) in [6, 6.07) is 9.83. The van der Waals surface area contributed by atoms with E-state index in [1.165, 1.54) is 0 Å². The minimum atomic E-state index is -0.342. The smallest absolute Gasteiger partial charge is 0.343 e. The van der Waals surface area contributed by atoms with Gasteiger partial charge in [0.25, 0.3) is 0 Å². The molecule has 0 amide bonds. The first-order valence-electron chi connectivity index (χ1n) is 9.29. The van der Waals surface area contributed by atoms with Crippen LogP contribution in [0.5, 0.6) is 0 Å². The molecule has 6 heteroatoms. The molecule has 0 saturated heterocycles. The lowest BCUT2D eigenvalue weighted by atomic mass is 10.2. The van der Waals surface area contributed by atoms with Crippen LogP contribution in [-0.4, -0.2) is 60.2 Å². The highest BCUT2D eigenvalue weighted by Crippen LogP contribution is 2.25. The van der Waals surface area contributed by atoms with Crippen molar-refractivity contribution in [2.45, 2.75) is 20.3 Å². The van der Waals surface area contributed by atoms with Crippen LogP contribution in [0.2, 0.25) is 0 Å². The lowest BCUT2D eigenvalue weighted by molar-refractivity contribution is 0.0526. The molecule has 26 heavy (non-hydrogen) atoms. The first kappa shape index (κ1) is 18.3. The number of cyclic esters (lactones) is 1. The Morgan fingerprint density at radius 1 is 1.19 bits per heavy atom. The van der Waals surface area contributed by atoms with Gasteiger partial charge >= 0.3 is 5.97 Å². The summed E-state index contributed by atoms with van der Waals surface area (Å²) in [7, 11) is 0. The van der Waals surface area contributed by atoms with Crippen LogP contribution in [-0.2, 0) is 4.74 Å². The van der Waals surface area contributed by atoms with Crippen molar-refractivity contribution in [1.82, 2.24) is 14.9 Å². The predicted molar refractivity (Wildman–Crippen MR) is 102 cm³/mol. The Labute approximate surface area is 154 Å². The SMILES string of the molecule is CCN(CC)CCCN1CCOC(=O)c2cnc(-c3ccccc3)nc21. The average molecular weight is 354 g/mol. The minimum absolute atomic E-state index is 0.342. The van der Waals surface area contributed by atoms with E-state index >= 15 is 0 Å². The molecular formula is C20H26N4O2. The van der Waals surface area contributed by atoms with E-state index in [1.54, 1.807) is 6.20 Å². The first-order valence-corrected chi connectivity index (χ1v) is 9.29. The molecule has 0 N–H and O–H groups in total. The Morgan fingerprint density at radius 3 is 2.69 bits per heavy atom. The zero-order valence-corrected chi connectivity index (χ0v) is 15.5. The number of nitrogens with zero attached hydrogens (tertiary/aromatic N) is 4. The van der Waals surface area contributed by atoms with Crippen molar-refractivity contribution in [3.8, 4) is 11.4 Å². The highest BCUT2D eigenvalue weighted by Gasteiger charge is 2.24. The van der Waals surface area contributed by atoms with E-state index in [0.717, 1.165) is 38.2 Å². The Bertz CT molecular complexity index is 732. The van der Waals surface area contributed by atoms with Gasteiger partial charge in [-0.25, -0.2) is 14.8 Å². The van der Waals surface area contributed by atoms with Gasteiger partial charge in [0, 0.05) is 18.3 Å². The maximum absolute atomic E-state index is 12.2. The molecule has 0 aliphatic carbocycles. The van der Waals surface area contributed by atoms with Gasteiger partial charge in [-0.05, 0) is 26.1 Å². The fourth-order valence-electron chi connectivity index (χ4n) is 3.16. The molecule has 1 aromatic heterocycles. The van der Waals surface area contributed by atoms with Crippen molar-refractivity contribution in [2.24, 2.45) is 0 Å². The number of hydrogen-bond donors (Lipinski definition) is 0. The van der Waals surface area contributed by atoms with Crippen LogP contribution in [0.25, 0.3) is 11.4 Å².